The third-order valence-electron chi connectivity index (χ3n) is 8.00. The number of aliphatic carboxylic acids is 1. The van der Waals surface area contributed by atoms with Crippen LogP contribution in [0, 0.1) is 0 Å². The van der Waals surface area contributed by atoms with E-state index < -0.39 is 51.1 Å². The molecule has 0 fully saturated rings. The molecule has 0 aromatic carbocycles. The molecule has 0 saturated carbocycles. The number of phosphoric acid groups is 1. The summed E-state index contributed by atoms with van der Waals surface area (Å²) in [7, 11) is -4.73. The first-order valence-corrected chi connectivity index (χ1v) is 21.3. The van der Waals surface area contributed by atoms with E-state index in [1.54, 1.807) is 0 Å². The van der Waals surface area contributed by atoms with Crippen molar-refractivity contribution in [2.24, 2.45) is 5.73 Å². The van der Waals surface area contributed by atoms with Gasteiger partial charge >= 0.3 is 25.7 Å². The number of hydrogen-bond acceptors (Lipinski definition) is 9. The number of unbranched alkanes of at least 4 members (excludes halogenated alkanes) is 12. The number of carboxylic acid groups (broad SMARTS) is 1. The van der Waals surface area contributed by atoms with Crippen LogP contribution in [-0.4, -0.2) is 59.9 Å². The van der Waals surface area contributed by atoms with Gasteiger partial charge in [0.15, 0.2) is 6.10 Å². The fourth-order valence-electron chi connectivity index (χ4n) is 4.87. The Hall–Kier alpha value is -2.82. The molecule has 0 heterocycles. The average Bonchev–Trinajstić information content (AvgIpc) is 3.13. The van der Waals surface area contributed by atoms with Crippen LogP contribution in [0.2, 0.25) is 0 Å². The molecule has 3 atom stereocenters. The maximum absolute atomic E-state index is 12.6. The number of carboxylic acids is 1. The predicted molar refractivity (Wildman–Crippen MR) is 212 cm³/mol. The van der Waals surface area contributed by atoms with E-state index in [0.717, 1.165) is 77.0 Å². The molecular formula is C41H70NO10P. The van der Waals surface area contributed by atoms with E-state index in [2.05, 4.69) is 79.1 Å². The molecule has 0 aromatic heterocycles. The summed E-state index contributed by atoms with van der Waals surface area (Å²) in [5.41, 5.74) is 5.32. The number of allylic oxidation sites excluding steroid dienone is 10. The number of nitrogens with two attached hydrogens (primary N) is 1. The third kappa shape index (κ3) is 36.0. The number of esters is 2. The minimum absolute atomic E-state index is 0.139. The molecule has 304 valence electrons. The minimum Gasteiger partial charge on any atom is -0.480 e. The SMILES string of the molecule is CC/C=C/C/C=C/C/C=C/C/C=C/CCCCC(=O)OC[C@H](COP(=O)(O)OC[C@H](N)C(=O)O)OC(=O)CCCCCCC/C=C/CCCCCCC. The lowest BCUT2D eigenvalue weighted by atomic mass is 10.1. The normalized spacial score (nSPS) is 14.5. The van der Waals surface area contributed by atoms with E-state index in [1.807, 2.05) is 0 Å². The predicted octanol–water partition coefficient (Wildman–Crippen LogP) is 10.00. The van der Waals surface area contributed by atoms with Crippen molar-refractivity contribution in [2.75, 3.05) is 19.8 Å². The summed E-state index contributed by atoms with van der Waals surface area (Å²) in [6.07, 6.45) is 40.1. The van der Waals surface area contributed by atoms with Crippen LogP contribution >= 0.6 is 7.82 Å². The number of phosphoric ester groups is 1. The standard InChI is InChI=1S/C41H70NO10P/c1-3-5-7-9-11-13-15-17-19-21-22-24-26-28-30-32-39(43)49-34-37(35-50-53(47,48)51-36-38(42)41(45)46)52-40(44)33-31-29-27-25-23-20-18-16-14-12-10-8-6-4-2/h5,7,11,13,16-19,22,24,37-38H,3-4,6,8-10,12,14-15,20-21,23,25-36,42H2,1-2H3,(H,45,46)(H,47,48)/b7-5+,13-11+,18-16+,19-17+,24-22+/t37-,38+/m1/s1. The van der Waals surface area contributed by atoms with Crippen molar-refractivity contribution in [1.29, 1.82) is 0 Å². The maximum Gasteiger partial charge on any atom is 0.472 e. The molecular weight excluding hydrogens is 697 g/mol. The maximum atomic E-state index is 12.6. The number of ether oxygens (including phenoxy) is 2. The monoisotopic (exact) mass is 767 g/mol. The number of carbonyl (C=O) groups excluding carboxylic acids is 2. The van der Waals surface area contributed by atoms with Gasteiger partial charge in [-0.2, -0.15) is 0 Å². The van der Waals surface area contributed by atoms with Gasteiger partial charge in [-0.05, 0) is 77.0 Å². The summed E-state index contributed by atoms with van der Waals surface area (Å²) in [4.78, 5) is 45.8. The molecule has 0 spiro atoms. The molecule has 0 saturated heterocycles. The largest absolute Gasteiger partial charge is 0.480 e. The summed E-state index contributed by atoms with van der Waals surface area (Å²) in [6, 6.07) is -1.53. The topological polar surface area (TPSA) is 172 Å². The van der Waals surface area contributed by atoms with Crippen LogP contribution in [0.15, 0.2) is 60.8 Å². The first-order valence-electron chi connectivity index (χ1n) is 19.8. The van der Waals surface area contributed by atoms with Crippen LogP contribution in [0.5, 0.6) is 0 Å². The van der Waals surface area contributed by atoms with Crippen LogP contribution in [0.1, 0.15) is 149 Å². The van der Waals surface area contributed by atoms with Gasteiger partial charge in [0.2, 0.25) is 0 Å². The molecule has 0 aliphatic carbocycles. The second kappa shape index (κ2) is 36.2. The van der Waals surface area contributed by atoms with Gasteiger partial charge in [-0.25, -0.2) is 4.57 Å². The number of carbonyl (C=O) groups is 3. The Bertz CT molecular complexity index is 1130. The lowest BCUT2D eigenvalue weighted by Crippen LogP contribution is -2.34. The highest BCUT2D eigenvalue weighted by atomic mass is 31.2. The second-order valence-electron chi connectivity index (χ2n) is 13.0. The molecule has 0 aromatic rings. The molecule has 11 nitrogen and oxygen atoms in total. The Balaban J connectivity index is 4.52. The van der Waals surface area contributed by atoms with Gasteiger partial charge in [0.25, 0.3) is 0 Å². The van der Waals surface area contributed by atoms with Crippen LogP contribution in [0.3, 0.4) is 0 Å². The van der Waals surface area contributed by atoms with E-state index in [0.29, 0.717) is 12.8 Å². The smallest absolute Gasteiger partial charge is 0.472 e. The molecule has 0 bridgehead atoms. The van der Waals surface area contributed by atoms with E-state index in [-0.39, 0.29) is 19.4 Å². The summed E-state index contributed by atoms with van der Waals surface area (Å²) in [5.74, 6) is -2.45. The highest BCUT2D eigenvalue weighted by Crippen LogP contribution is 2.43. The van der Waals surface area contributed by atoms with E-state index in [4.69, 9.17) is 24.8 Å². The van der Waals surface area contributed by atoms with Crippen LogP contribution in [0.25, 0.3) is 0 Å². The molecule has 0 rings (SSSR count). The molecule has 0 aliphatic heterocycles. The lowest BCUT2D eigenvalue weighted by Gasteiger charge is -2.20. The van der Waals surface area contributed by atoms with Gasteiger partial charge in [-0.3, -0.25) is 23.4 Å². The molecule has 4 N–H and O–H groups in total. The van der Waals surface area contributed by atoms with Crippen molar-refractivity contribution in [3.8, 4) is 0 Å². The lowest BCUT2D eigenvalue weighted by molar-refractivity contribution is -0.161. The fourth-order valence-corrected chi connectivity index (χ4v) is 5.65. The van der Waals surface area contributed by atoms with Gasteiger partial charge in [0.1, 0.15) is 12.6 Å². The minimum atomic E-state index is -4.73. The Morgan fingerprint density at radius 1 is 0.604 bits per heavy atom. The van der Waals surface area contributed by atoms with Crippen molar-refractivity contribution >= 4 is 25.7 Å². The average molecular weight is 768 g/mol. The first-order chi connectivity index (χ1) is 25.6. The number of hydrogen-bond donors (Lipinski definition) is 3. The van der Waals surface area contributed by atoms with Gasteiger partial charge in [-0.15, -0.1) is 0 Å². The van der Waals surface area contributed by atoms with Crippen molar-refractivity contribution in [2.45, 2.75) is 161 Å². The molecule has 0 amide bonds. The Morgan fingerprint density at radius 3 is 1.64 bits per heavy atom. The molecule has 1 unspecified atom stereocenters. The highest BCUT2D eigenvalue weighted by Gasteiger charge is 2.28. The van der Waals surface area contributed by atoms with Crippen LogP contribution in [0.4, 0.5) is 0 Å². The summed E-state index contributed by atoms with van der Waals surface area (Å²) in [5, 5.41) is 8.87. The number of rotatable bonds is 36. The van der Waals surface area contributed by atoms with Gasteiger partial charge in [-0.1, -0.05) is 120 Å². The Morgan fingerprint density at radius 2 is 1.06 bits per heavy atom. The summed E-state index contributed by atoms with van der Waals surface area (Å²) < 4.78 is 32.5. The van der Waals surface area contributed by atoms with Crippen molar-refractivity contribution in [3.05, 3.63) is 60.8 Å². The van der Waals surface area contributed by atoms with Crippen molar-refractivity contribution in [3.63, 3.8) is 0 Å². The molecule has 53 heavy (non-hydrogen) atoms. The first kappa shape index (κ1) is 50.2. The Kier molecular flexibility index (Phi) is 34.2. The van der Waals surface area contributed by atoms with Crippen LogP contribution < -0.4 is 5.73 Å². The molecule has 12 heteroatoms. The molecule has 0 radical (unpaired) electrons. The van der Waals surface area contributed by atoms with Gasteiger partial charge in [0, 0.05) is 12.8 Å². The zero-order chi connectivity index (χ0) is 39.3. The summed E-state index contributed by atoms with van der Waals surface area (Å²) >= 11 is 0. The van der Waals surface area contributed by atoms with Crippen molar-refractivity contribution in [1.82, 2.24) is 0 Å². The van der Waals surface area contributed by atoms with E-state index in [9.17, 15) is 23.8 Å². The third-order valence-corrected chi connectivity index (χ3v) is 8.95. The highest BCUT2D eigenvalue weighted by molar-refractivity contribution is 7.47. The quantitative estimate of drug-likeness (QED) is 0.0240. The van der Waals surface area contributed by atoms with Crippen molar-refractivity contribution < 1.29 is 47.5 Å². The zero-order valence-corrected chi connectivity index (χ0v) is 33.5. The Labute approximate surface area is 319 Å². The summed E-state index contributed by atoms with van der Waals surface area (Å²) in [6.45, 7) is 2.60. The van der Waals surface area contributed by atoms with Gasteiger partial charge in [0.05, 0.1) is 13.2 Å². The second-order valence-corrected chi connectivity index (χ2v) is 14.5. The molecule has 0 aliphatic rings. The van der Waals surface area contributed by atoms with E-state index >= 15 is 0 Å². The van der Waals surface area contributed by atoms with Crippen LogP contribution in [-0.2, 0) is 37.5 Å². The van der Waals surface area contributed by atoms with Gasteiger partial charge < -0.3 is 25.2 Å². The fraction of sp³-hybridized carbons (Fsp3) is 0.683. The zero-order valence-electron chi connectivity index (χ0n) is 32.6. The van der Waals surface area contributed by atoms with E-state index in [1.165, 1.54) is 32.1 Å².